The van der Waals surface area contributed by atoms with Crippen LogP contribution >= 0.6 is 0 Å². The molecule has 1 aromatic carbocycles. The molecule has 0 unspecified atom stereocenters. The lowest BCUT2D eigenvalue weighted by Crippen LogP contribution is -2.64. The highest BCUT2D eigenvalue weighted by Crippen LogP contribution is 2.22. The molecule has 1 aliphatic rings. The Balaban J connectivity index is 1.93. The molecule has 7 nitrogen and oxygen atoms in total. The van der Waals surface area contributed by atoms with Crippen LogP contribution in [0.5, 0.6) is 0 Å². The van der Waals surface area contributed by atoms with Crippen LogP contribution in [0, 0.1) is 0 Å². The van der Waals surface area contributed by atoms with Crippen molar-refractivity contribution in [2.24, 2.45) is 0 Å². The third-order valence-electron chi connectivity index (χ3n) is 5.19. The summed E-state index contributed by atoms with van der Waals surface area (Å²) in [6.07, 6.45) is 0. The average Bonchev–Trinajstić information content (AvgIpc) is 2.63. The molecule has 7 heteroatoms. The molecule has 2 N–H and O–H groups in total. The number of para-hydroxylation sites is 2. The van der Waals surface area contributed by atoms with E-state index < -0.39 is 5.54 Å². The van der Waals surface area contributed by atoms with Crippen molar-refractivity contribution in [3.63, 3.8) is 0 Å². The zero-order valence-corrected chi connectivity index (χ0v) is 15.0. The summed E-state index contributed by atoms with van der Waals surface area (Å²) in [5.41, 5.74) is 0.867. The maximum absolute atomic E-state index is 12.8. The number of fused-ring (bicyclic) bond motifs is 1. The summed E-state index contributed by atoms with van der Waals surface area (Å²) in [6.45, 7) is 5.94. The molecule has 1 aromatic heterocycles. The largest absolute Gasteiger partial charge is 0.394 e. The molecule has 0 amide bonds. The quantitative estimate of drug-likeness (QED) is 0.838. The highest BCUT2D eigenvalue weighted by molar-refractivity contribution is 5.76. The summed E-state index contributed by atoms with van der Waals surface area (Å²) in [5.74, 6) is 0.306. The number of aryl methyl sites for hydroxylation is 1. The Kier molecular flexibility index (Phi) is 5.08. The van der Waals surface area contributed by atoms with E-state index in [0.717, 1.165) is 11.0 Å². The van der Waals surface area contributed by atoms with Gasteiger partial charge in [-0.1, -0.05) is 12.1 Å². The highest BCUT2D eigenvalue weighted by Gasteiger charge is 2.40. The van der Waals surface area contributed by atoms with E-state index in [1.807, 2.05) is 38.2 Å². The van der Waals surface area contributed by atoms with Crippen molar-refractivity contribution in [1.29, 1.82) is 0 Å². The van der Waals surface area contributed by atoms with Crippen molar-refractivity contribution in [2.75, 3.05) is 38.7 Å². The number of nitrogens with one attached hydrogen (secondary N) is 1. The Morgan fingerprint density at radius 1 is 1.44 bits per heavy atom. The van der Waals surface area contributed by atoms with Gasteiger partial charge in [-0.25, -0.2) is 4.98 Å². The molecule has 2 atom stereocenters. The molecule has 0 radical (unpaired) electrons. The molecule has 0 spiro atoms. The van der Waals surface area contributed by atoms with Crippen molar-refractivity contribution >= 4 is 16.9 Å². The van der Waals surface area contributed by atoms with Gasteiger partial charge >= 0.3 is 0 Å². The number of rotatable bonds is 5. The lowest BCUT2D eigenvalue weighted by atomic mass is 9.96. The summed E-state index contributed by atoms with van der Waals surface area (Å²) >= 11 is 0. The van der Waals surface area contributed by atoms with Crippen LogP contribution in [0.25, 0.3) is 11.0 Å². The number of aliphatic hydroxyl groups is 1. The highest BCUT2D eigenvalue weighted by atomic mass is 16.5. The number of likely N-dealkylation sites (N-methyl/N-ethyl adjacent to an activating group) is 1. The molecular weight excluding hydrogens is 320 g/mol. The minimum absolute atomic E-state index is 0.0591. The Morgan fingerprint density at radius 3 is 2.92 bits per heavy atom. The second-order valence-corrected chi connectivity index (χ2v) is 6.71. The van der Waals surface area contributed by atoms with E-state index >= 15 is 0 Å². The molecule has 2 heterocycles. The Labute approximate surface area is 147 Å². The SMILES string of the molecule is CCn1c(=O)c(NC[C@]2(CO)COC[C@@H](C)N2C)nc2ccccc21. The molecule has 0 saturated carbocycles. The van der Waals surface area contributed by atoms with E-state index in [0.29, 0.717) is 32.1 Å². The fraction of sp³-hybridized carbons (Fsp3) is 0.556. The Hall–Kier alpha value is -1.96. The first-order valence-corrected chi connectivity index (χ1v) is 8.67. The molecule has 136 valence electrons. The lowest BCUT2D eigenvalue weighted by molar-refractivity contribution is -0.101. The van der Waals surface area contributed by atoms with Crippen molar-refractivity contribution in [1.82, 2.24) is 14.5 Å². The first-order valence-electron chi connectivity index (χ1n) is 8.67. The number of aliphatic hydroxyl groups excluding tert-OH is 1. The molecule has 3 rings (SSSR count). The molecule has 1 saturated heterocycles. The van der Waals surface area contributed by atoms with E-state index in [1.54, 1.807) is 4.57 Å². The van der Waals surface area contributed by atoms with Crippen LogP contribution in [0.2, 0.25) is 0 Å². The van der Waals surface area contributed by atoms with E-state index in [4.69, 9.17) is 4.74 Å². The van der Waals surface area contributed by atoms with Crippen LogP contribution in [0.15, 0.2) is 29.1 Å². The fourth-order valence-corrected chi connectivity index (χ4v) is 3.36. The Bertz CT molecular complexity index is 806. The lowest BCUT2D eigenvalue weighted by Gasteiger charge is -2.47. The number of anilines is 1. The van der Waals surface area contributed by atoms with Crippen molar-refractivity contribution in [3.8, 4) is 0 Å². The van der Waals surface area contributed by atoms with Gasteiger partial charge < -0.3 is 19.7 Å². The normalized spacial score (nSPS) is 24.6. The minimum atomic E-state index is -0.575. The summed E-state index contributed by atoms with van der Waals surface area (Å²) in [4.78, 5) is 19.4. The van der Waals surface area contributed by atoms with Crippen LogP contribution in [-0.2, 0) is 11.3 Å². The third kappa shape index (κ3) is 3.15. The molecule has 1 fully saturated rings. The first kappa shape index (κ1) is 17.8. The van der Waals surface area contributed by atoms with Gasteiger partial charge in [0.1, 0.15) is 0 Å². The third-order valence-corrected chi connectivity index (χ3v) is 5.19. The summed E-state index contributed by atoms with van der Waals surface area (Å²) in [7, 11) is 1.98. The van der Waals surface area contributed by atoms with Gasteiger partial charge in [0.2, 0.25) is 0 Å². The maximum Gasteiger partial charge on any atom is 0.293 e. The summed E-state index contributed by atoms with van der Waals surface area (Å²) in [6, 6.07) is 7.80. The predicted molar refractivity (Wildman–Crippen MR) is 98.0 cm³/mol. The molecular formula is C18H26N4O3. The van der Waals surface area contributed by atoms with Gasteiger partial charge in [0, 0.05) is 19.1 Å². The van der Waals surface area contributed by atoms with Crippen molar-refractivity contribution in [2.45, 2.75) is 32.0 Å². The monoisotopic (exact) mass is 346 g/mol. The van der Waals surface area contributed by atoms with E-state index in [2.05, 4.69) is 22.1 Å². The number of hydrogen-bond acceptors (Lipinski definition) is 6. The summed E-state index contributed by atoms with van der Waals surface area (Å²) < 4.78 is 7.36. The number of benzene rings is 1. The van der Waals surface area contributed by atoms with Gasteiger partial charge in [0.05, 0.1) is 36.4 Å². The molecule has 1 aliphatic heterocycles. The minimum Gasteiger partial charge on any atom is -0.394 e. The molecule has 2 aromatic rings. The summed E-state index contributed by atoms with van der Waals surface area (Å²) in [5, 5.41) is 13.2. The number of ether oxygens (including phenoxy) is 1. The van der Waals surface area contributed by atoms with Crippen LogP contribution < -0.4 is 10.9 Å². The first-order chi connectivity index (χ1) is 12.0. The van der Waals surface area contributed by atoms with Gasteiger partial charge in [0.15, 0.2) is 5.82 Å². The molecule has 0 bridgehead atoms. The number of morpholine rings is 1. The van der Waals surface area contributed by atoms with Gasteiger partial charge in [0.25, 0.3) is 5.56 Å². The predicted octanol–water partition coefficient (Wildman–Crippen LogP) is 0.910. The Morgan fingerprint density at radius 2 is 2.20 bits per heavy atom. The van der Waals surface area contributed by atoms with E-state index in [-0.39, 0.29) is 18.2 Å². The zero-order chi connectivity index (χ0) is 18.0. The number of aromatic nitrogens is 2. The zero-order valence-electron chi connectivity index (χ0n) is 15.0. The van der Waals surface area contributed by atoms with Crippen LogP contribution in [-0.4, -0.2) is 64.6 Å². The van der Waals surface area contributed by atoms with Crippen LogP contribution in [0.1, 0.15) is 13.8 Å². The van der Waals surface area contributed by atoms with Crippen LogP contribution in [0.4, 0.5) is 5.82 Å². The van der Waals surface area contributed by atoms with Crippen molar-refractivity contribution < 1.29 is 9.84 Å². The smallest absolute Gasteiger partial charge is 0.293 e. The van der Waals surface area contributed by atoms with Crippen molar-refractivity contribution in [3.05, 3.63) is 34.6 Å². The van der Waals surface area contributed by atoms with Gasteiger partial charge in [-0.2, -0.15) is 0 Å². The number of nitrogens with zero attached hydrogens (tertiary/aromatic N) is 3. The standard InChI is InChI=1S/C18H26N4O3/c1-4-22-15-8-6-5-7-14(15)20-16(17(22)24)19-10-18(11-23)12-25-9-13(2)21(18)3/h5-8,13,23H,4,9-12H2,1-3H3,(H,19,20)/t13-,18+/m1/s1. The van der Waals surface area contributed by atoms with Crippen LogP contribution in [0.3, 0.4) is 0 Å². The topological polar surface area (TPSA) is 79.6 Å². The molecule has 0 aliphatic carbocycles. The van der Waals surface area contributed by atoms with E-state index in [9.17, 15) is 9.90 Å². The second kappa shape index (κ2) is 7.11. The van der Waals surface area contributed by atoms with E-state index in [1.165, 1.54) is 0 Å². The second-order valence-electron chi connectivity index (χ2n) is 6.71. The van der Waals surface area contributed by atoms with Gasteiger partial charge in [-0.3, -0.25) is 9.69 Å². The van der Waals surface area contributed by atoms with Gasteiger partial charge in [-0.05, 0) is 33.0 Å². The molecule has 25 heavy (non-hydrogen) atoms. The average molecular weight is 346 g/mol. The number of hydrogen-bond donors (Lipinski definition) is 2. The maximum atomic E-state index is 12.8. The fourth-order valence-electron chi connectivity index (χ4n) is 3.36. The van der Waals surface area contributed by atoms with Gasteiger partial charge in [-0.15, -0.1) is 0 Å².